The first-order valence-electron chi connectivity index (χ1n) is 12.0. The monoisotopic (exact) mass is 490 g/mol. The van der Waals surface area contributed by atoms with E-state index in [0.29, 0.717) is 44.6 Å². The lowest BCUT2D eigenvalue weighted by atomic mass is 9.77. The van der Waals surface area contributed by atoms with Crippen LogP contribution in [0.5, 0.6) is 0 Å². The summed E-state index contributed by atoms with van der Waals surface area (Å²) in [6.45, 7) is 5.84. The van der Waals surface area contributed by atoms with Crippen molar-refractivity contribution in [1.82, 2.24) is 20.0 Å². The fourth-order valence-electron chi connectivity index (χ4n) is 5.05. The summed E-state index contributed by atoms with van der Waals surface area (Å²) < 4.78 is 13.3. The summed E-state index contributed by atoms with van der Waals surface area (Å²) in [5, 5.41) is 2.99. The number of nitrogens with zero attached hydrogens (tertiary/aromatic N) is 3. The van der Waals surface area contributed by atoms with Gasteiger partial charge in [-0.15, -0.1) is 0 Å². The maximum atomic E-state index is 13.3. The molecule has 0 aromatic heterocycles. The molecule has 9 heteroatoms. The van der Waals surface area contributed by atoms with Gasteiger partial charge in [0.1, 0.15) is 5.82 Å². The molecule has 34 heavy (non-hydrogen) atoms. The largest absolute Gasteiger partial charge is 0.356 e. The smallest absolute Gasteiger partial charge is 0.246 e. The molecule has 1 N–H and O–H groups in total. The first-order chi connectivity index (χ1) is 16.3. The highest BCUT2D eigenvalue weighted by Crippen LogP contribution is 2.37. The topological polar surface area (TPSA) is 73.0 Å². The number of hydrogen-bond acceptors (Lipinski definition) is 4. The number of carbonyl (C=O) groups excluding carboxylic acids is 3. The minimum absolute atomic E-state index is 0.0142. The van der Waals surface area contributed by atoms with Crippen molar-refractivity contribution < 1.29 is 18.8 Å². The van der Waals surface area contributed by atoms with Crippen molar-refractivity contribution in [2.45, 2.75) is 32.1 Å². The second-order valence-corrected chi connectivity index (χ2v) is 10.0. The van der Waals surface area contributed by atoms with E-state index < -0.39 is 5.82 Å². The average molecular weight is 491 g/mol. The van der Waals surface area contributed by atoms with E-state index in [1.165, 1.54) is 18.2 Å². The molecule has 3 heterocycles. The number of benzene rings is 1. The Balaban J connectivity index is 1.20. The molecule has 1 aromatic rings. The van der Waals surface area contributed by atoms with Crippen LogP contribution >= 0.6 is 11.6 Å². The van der Waals surface area contributed by atoms with Crippen LogP contribution in [0, 0.1) is 11.2 Å². The lowest BCUT2D eigenvalue weighted by Gasteiger charge is -2.38. The molecule has 3 saturated heterocycles. The zero-order valence-electron chi connectivity index (χ0n) is 19.4. The van der Waals surface area contributed by atoms with E-state index in [4.69, 9.17) is 11.6 Å². The average Bonchev–Trinajstić information content (AvgIpc) is 3.08. The molecule has 3 aliphatic rings. The Morgan fingerprint density at radius 3 is 2.62 bits per heavy atom. The third-order valence-electron chi connectivity index (χ3n) is 7.28. The molecule has 3 fully saturated rings. The van der Waals surface area contributed by atoms with E-state index in [0.717, 1.165) is 45.4 Å². The lowest BCUT2D eigenvalue weighted by Crippen LogP contribution is -2.42. The Hall–Kier alpha value is -2.45. The summed E-state index contributed by atoms with van der Waals surface area (Å²) in [6.07, 6.45) is 7.01. The molecule has 3 amide bonds. The second kappa shape index (κ2) is 10.9. The van der Waals surface area contributed by atoms with Gasteiger partial charge in [-0.25, -0.2) is 4.39 Å². The molecule has 0 radical (unpaired) electrons. The molecule has 0 atom stereocenters. The van der Waals surface area contributed by atoms with Crippen LogP contribution < -0.4 is 5.32 Å². The molecule has 1 aromatic carbocycles. The molecule has 0 aliphatic carbocycles. The highest BCUT2D eigenvalue weighted by Gasteiger charge is 2.40. The van der Waals surface area contributed by atoms with E-state index in [1.54, 1.807) is 17.0 Å². The van der Waals surface area contributed by atoms with Gasteiger partial charge in [-0.1, -0.05) is 17.7 Å². The Labute approximate surface area is 204 Å². The summed E-state index contributed by atoms with van der Waals surface area (Å²) in [6, 6.07) is 4.30. The van der Waals surface area contributed by atoms with Gasteiger partial charge in [0.2, 0.25) is 17.7 Å². The van der Waals surface area contributed by atoms with Crippen LogP contribution in [0.15, 0.2) is 24.3 Å². The Bertz CT molecular complexity index is 961. The van der Waals surface area contributed by atoms with Gasteiger partial charge in [0, 0.05) is 51.6 Å². The molecule has 1 spiro atoms. The van der Waals surface area contributed by atoms with Crippen molar-refractivity contribution in [3.8, 4) is 0 Å². The van der Waals surface area contributed by atoms with Gasteiger partial charge in [-0.05, 0) is 68.1 Å². The zero-order chi connectivity index (χ0) is 24.1. The van der Waals surface area contributed by atoms with Crippen molar-refractivity contribution in [1.29, 1.82) is 0 Å². The Morgan fingerprint density at radius 1 is 1.12 bits per heavy atom. The molecule has 7 nitrogen and oxygen atoms in total. The zero-order valence-corrected chi connectivity index (χ0v) is 20.2. The van der Waals surface area contributed by atoms with Gasteiger partial charge in [0.15, 0.2) is 0 Å². The highest BCUT2D eigenvalue weighted by molar-refractivity contribution is 6.30. The van der Waals surface area contributed by atoms with Crippen molar-refractivity contribution in [2.24, 2.45) is 5.41 Å². The number of hydrogen-bond donors (Lipinski definition) is 1. The maximum absolute atomic E-state index is 13.3. The molecule has 0 unspecified atom stereocenters. The third-order valence-corrected chi connectivity index (χ3v) is 7.57. The number of halogens is 2. The van der Waals surface area contributed by atoms with Crippen molar-refractivity contribution in [2.75, 3.05) is 52.4 Å². The summed E-state index contributed by atoms with van der Waals surface area (Å²) in [7, 11) is 0. The highest BCUT2D eigenvalue weighted by atomic mass is 35.5. The number of carbonyl (C=O) groups is 3. The van der Waals surface area contributed by atoms with E-state index in [-0.39, 0.29) is 28.2 Å². The van der Waals surface area contributed by atoms with Crippen LogP contribution in [0.3, 0.4) is 0 Å². The molecule has 0 saturated carbocycles. The fraction of sp³-hybridized carbons (Fsp3) is 0.560. The van der Waals surface area contributed by atoms with Gasteiger partial charge in [0.25, 0.3) is 0 Å². The first-order valence-corrected chi connectivity index (χ1v) is 12.4. The quantitative estimate of drug-likeness (QED) is 0.622. The molecular formula is C25H32ClFN4O3. The van der Waals surface area contributed by atoms with Gasteiger partial charge < -0.3 is 20.0 Å². The number of rotatable bonds is 6. The molecule has 3 aliphatic heterocycles. The van der Waals surface area contributed by atoms with Gasteiger partial charge in [0.05, 0.1) is 5.02 Å². The fourth-order valence-corrected chi connectivity index (χ4v) is 5.24. The van der Waals surface area contributed by atoms with Crippen molar-refractivity contribution in [3.05, 3.63) is 40.7 Å². The van der Waals surface area contributed by atoms with Gasteiger partial charge >= 0.3 is 0 Å². The van der Waals surface area contributed by atoms with Crippen LogP contribution in [0.4, 0.5) is 4.39 Å². The van der Waals surface area contributed by atoms with Gasteiger partial charge in [-0.2, -0.15) is 0 Å². The van der Waals surface area contributed by atoms with Crippen molar-refractivity contribution in [3.63, 3.8) is 0 Å². The number of nitrogens with one attached hydrogen (secondary N) is 1. The van der Waals surface area contributed by atoms with Crippen LogP contribution in [0.2, 0.25) is 5.02 Å². The van der Waals surface area contributed by atoms with Crippen LogP contribution in [0.25, 0.3) is 6.08 Å². The summed E-state index contributed by atoms with van der Waals surface area (Å²) >= 11 is 5.79. The summed E-state index contributed by atoms with van der Waals surface area (Å²) in [4.78, 5) is 42.7. The summed E-state index contributed by atoms with van der Waals surface area (Å²) in [5.41, 5.74) is 0.800. The van der Waals surface area contributed by atoms with E-state index >= 15 is 0 Å². The molecule has 0 bridgehead atoms. The Kier molecular flexibility index (Phi) is 7.88. The van der Waals surface area contributed by atoms with Crippen molar-refractivity contribution >= 4 is 35.4 Å². The standard InChI is InChI=1S/C25H32ClFN4O3/c26-20-16-19(2-4-21(20)27)3-5-23(33)31-11-6-24(34)30(14-15-31)10-1-9-29-12-7-25(8-13-29)17-22(32)28-18-25/h2-5,16H,1,6-15,17-18H2,(H,28,32)/b5-3+. The SMILES string of the molecule is O=C1CC2(CCN(CCCN3CCN(C(=O)/C=C/c4ccc(F)c(Cl)c4)CCC3=O)CC2)CN1. The summed E-state index contributed by atoms with van der Waals surface area (Å²) in [5.74, 6) is -0.408. The lowest BCUT2D eigenvalue weighted by molar-refractivity contribution is -0.130. The Morgan fingerprint density at radius 2 is 1.91 bits per heavy atom. The predicted octanol–water partition coefficient (Wildman–Crippen LogP) is 2.55. The van der Waals surface area contributed by atoms with Crippen LogP contribution in [-0.4, -0.2) is 84.8 Å². The van der Waals surface area contributed by atoms with Crippen LogP contribution in [-0.2, 0) is 14.4 Å². The van der Waals surface area contributed by atoms with Gasteiger partial charge in [-0.3, -0.25) is 14.4 Å². The molecule has 4 rings (SSSR count). The molecular weight excluding hydrogens is 459 g/mol. The number of piperidine rings is 1. The number of likely N-dealkylation sites (tertiary alicyclic amines) is 1. The van der Waals surface area contributed by atoms with Crippen LogP contribution in [0.1, 0.15) is 37.7 Å². The van der Waals surface area contributed by atoms with E-state index in [9.17, 15) is 18.8 Å². The van der Waals surface area contributed by atoms with E-state index in [2.05, 4.69) is 10.2 Å². The molecule has 184 valence electrons. The normalized spacial score (nSPS) is 21.4. The maximum Gasteiger partial charge on any atom is 0.246 e. The van der Waals surface area contributed by atoms with E-state index in [1.807, 2.05) is 4.90 Å². The third kappa shape index (κ3) is 6.16. The minimum Gasteiger partial charge on any atom is -0.356 e. The second-order valence-electron chi connectivity index (χ2n) is 9.61. The first kappa shape index (κ1) is 24.7. The minimum atomic E-state index is -0.497. The number of amides is 3. The predicted molar refractivity (Wildman–Crippen MR) is 129 cm³/mol.